The maximum absolute atomic E-state index is 13.7. The Labute approximate surface area is 163 Å². The lowest BCUT2D eigenvalue weighted by atomic mass is 10.2. The molecule has 0 radical (unpaired) electrons. The number of aryl methyl sites for hydroxylation is 2. The van der Waals surface area contributed by atoms with Crippen LogP contribution in [0.3, 0.4) is 0 Å². The molecular weight excluding hydrogens is 389 g/mol. The lowest BCUT2D eigenvalue weighted by molar-refractivity contribution is -0.143. The summed E-state index contributed by atoms with van der Waals surface area (Å²) in [6, 6.07) is 7.92. The summed E-state index contributed by atoms with van der Waals surface area (Å²) in [5, 5.41) is 6.67. The van der Waals surface area contributed by atoms with Gasteiger partial charge in [-0.05, 0) is 37.8 Å². The third-order valence-corrected chi connectivity index (χ3v) is 5.67. The molecule has 5 nitrogen and oxygen atoms in total. The molecule has 1 aliphatic rings. The second kappa shape index (κ2) is 7.38. The molecule has 0 aliphatic heterocycles. The van der Waals surface area contributed by atoms with E-state index in [1.165, 1.54) is 23.5 Å². The average molecular weight is 406 g/mol. The van der Waals surface area contributed by atoms with E-state index in [1.807, 2.05) is 0 Å². The van der Waals surface area contributed by atoms with Crippen LogP contribution in [0, 0.1) is 0 Å². The molecule has 0 spiro atoms. The number of nitrogens with zero attached hydrogens (tertiary/aromatic N) is 3. The Kier molecular flexibility index (Phi) is 4.92. The molecule has 4 rings (SSSR count). The van der Waals surface area contributed by atoms with E-state index in [2.05, 4.69) is 15.4 Å². The van der Waals surface area contributed by atoms with Crippen LogP contribution in [0.2, 0.25) is 0 Å². The van der Waals surface area contributed by atoms with Crippen molar-refractivity contribution in [3.63, 3.8) is 0 Å². The van der Waals surface area contributed by atoms with Gasteiger partial charge in [0.1, 0.15) is 0 Å². The van der Waals surface area contributed by atoms with E-state index in [0.717, 1.165) is 53.6 Å². The summed E-state index contributed by atoms with van der Waals surface area (Å²) in [6.45, 7) is 0. The number of hydrogen-bond donors (Lipinski definition) is 1. The maximum atomic E-state index is 13.7. The standard InChI is InChI=1S/C19H17F3N4OS/c20-19(21,22)16-13(11-23-26(16)12-7-3-1-4-8-12)17(27)25-18-24-14-9-5-2-6-10-15(14)28-18/h1,3-4,7-8,11H,2,5-6,9-10H2,(H,24,25,27). The third-order valence-electron chi connectivity index (χ3n) is 4.60. The zero-order chi connectivity index (χ0) is 19.7. The molecule has 0 fully saturated rings. The first kappa shape index (κ1) is 18.7. The van der Waals surface area contributed by atoms with Crippen molar-refractivity contribution in [2.24, 2.45) is 0 Å². The van der Waals surface area contributed by atoms with Gasteiger partial charge in [0, 0.05) is 4.88 Å². The van der Waals surface area contributed by atoms with Crippen molar-refractivity contribution in [1.29, 1.82) is 0 Å². The minimum Gasteiger partial charge on any atom is -0.298 e. The summed E-state index contributed by atoms with van der Waals surface area (Å²) < 4.78 is 41.9. The van der Waals surface area contributed by atoms with E-state index < -0.39 is 23.3 Å². The molecule has 1 aliphatic carbocycles. The van der Waals surface area contributed by atoms with E-state index in [9.17, 15) is 18.0 Å². The van der Waals surface area contributed by atoms with Gasteiger partial charge in [0.25, 0.3) is 5.91 Å². The second-order valence-corrected chi connectivity index (χ2v) is 7.64. The Morgan fingerprint density at radius 1 is 1.11 bits per heavy atom. The molecule has 1 N–H and O–H groups in total. The number of alkyl halides is 3. The number of fused-ring (bicyclic) bond motifs is 1. The molecule has 9 heteroatoms. The van der Waals surface area contributed by atoms with Gasteiger partial charge in [-0.2, -0.15) is 18.3 Å². The van der Waals surface area contributed by atoms with Gasteiger partial charge in [-0.1, -0.05) is 24.6 Å². The van der Waals surface area contributed by atoms with Gasteiger partial charge in [0.2, 0.25) is 0 Å². The Hall–Kier alpha value is -2.68. The van der Waals surface area contributed by atoms with Crippen LogP contribution in [-0.2, 0) is 19.0 Å². The van der Waals surface area contributed by atoms with Gasteiger partial charge in [-0.15, -0.1) is 11.3 Å². The van der Waals surface area contributed by atoms with E-state index in [4.69, 9.17) is 0 Å². The van der Waals surface area contributed by atoms with Gasteiger partial charge in [-0.25, -0.2) is 9.67 Å². The van der Waals surface area contributed by atoms with Crippen molar-refractivity contribution < 1.29 is 18.0 Å². The Bertz CT molecular complexity index is 971. The number of nitrogens with one attached hydrogen (secondary N) is 1. The van der Waals surface area contributed by atoms with Crippen molar-refractivity contribution >= 4 is 22.4 Å². The van der Waals surface area contributed by atoms with Crippen molar-refractivity contribution in [3.05, 3.63) is 58.4 Å². The van der Waals surface area contributed by atoms with Crippen LogP contribution in [0.4, 0.5) is 18.3 Å². The molecule has 0 unspecified atom stereocenters. The molecule has 2 aromatic heterocycles. The number of carbonyl (C=O) groups is 1. The summed E-state index contributed by atoms with van der Waals surface area (Å²) in [4.78, 5) is 18.1. The van der Waals surface area contributed by atoms with Crippen LogP contribution in [0.25, 0.3) is 5.69 Å². The number of hydrogen-bond acceptors (Lipinski definition) is 4. The van der Waals surface area contributed by atoms with Gasteiger partial charge >= 0.3 is 6.18 Å². The summed E-state index contributed by atoms with van der Waals surface area (Å²) >= 11 is 1.34. The smallest absolute Gasteiger partial charge is 0.298 e. The number of thiazole rings is 1. The number of halogens is 3. The maximum Gasteiger partial charge on any atom is 0.434 e. The van der Waals surface area contributed by atoms with E-state index in [1.54, 1.807) is 18.2 Å². The Balaban J connectivity index is 1.65. The molecule has 0 saturated heterocycles. The zero-order valence-electron chi connectivity index (χ0n) is 14.8. The van der Waals surface area contributed by atoms with Crippen LogP contribution in [0.5, 0.6) is 0 Å². The number of benzene rings is 1. The summed E-state index contributed by atoms with van der Waals surface area (Å²) in [7, 11) is 0. The highest BCUT2D eigenvalue weighted by atomic mass is 32.1. The normalized spacial score (nSPS) is 14.4. The second-order valence-electron chi connectivity index (χ2n) is 6.56. The van der Waals surface area contributed by atoms with Gasteiger partial charge in [0.05, 0.1) is 23.1 Å². The van der Waals surface area contributed by atoms with Crippen molar-refractivity contribution in [2.75, 3.05) is 5.32 Å². The number of anilines is 1. The Morgan fingerprint density at radius 2 is 1.86 bits per heavy atom. The molecule has 1 aromatic carbocycles. The Morgan fingerprint density at radius 3 is 2.61 bits per heavy atom. The SMILES string of the molecule is O=C(Nc1nc2c(s1)CCCCC2)c1cnn(-c2ccccc2)c1C(F)(F)F. The van der Waals surface area contributed by atoms with Crippen molar-refractivity contribution in [1.82, 2.24) is 14.8 Å². The first-order valence-electron chi connectivity index (χ1n) is 8.94. The fourth-order valence-electron chi connectivity index (χ4n) is 3.30. The fraction of sp³-hybridized carbons (Fsp3) is 0.316. The van der Waals surface area contributed by atoms with Crippen LogP contribution in [0.1, 0.15) is 45.9 Å². The van der Waals surface area contributed by atoms with Gasteiger partial charge < -0.3 is 0 Å². The highest BCUT2D eigenvalue weighted by Gasteiger charge is 2.40. The monoisotopic (exact) mass is 406 g/mol. The molecule has 2 heterocycles. The number of carbonyl (C=O) groups excluding carboxylic acids is 1. The first-order chi connectivity index (χ1) is 13.4. The minimum atomic E-state index is -4.74. The van der Waals surface area contributed by atoms with Crippen LogP contribution in [0.15, 0.2) is 36.5 Å². The summed E-state index contributed by atoms with van der Waals surface area (Å²) in [5.74, 6) is -0.863. The number of para-hydroxylation sites is 1. The molecule has 1 amide bonds. The fourth-order valence-corrected chi connectivity index (χ4v) is 4.34. The molecule has 0 atom stereocenters. The number of rotatable bonds is 3. The first-order valence-corrected chi connectivity index (χ1v) is 9.75. The molecular formula is C19H17F3N4OS. The summed E-state index contributed by atoms with van der Waals surface area (Å²) in [5.41, 5.74) is -0.459. The van der Waals surface area contributed by atoms with Crippen molar-refractivity contribution in [3.8, 4) is 5.69 Å². The van der Waals surface area contributed by atoms with Crippen LogP contribution in [-0.4, -0.2) is 20.7 Å². The van der Waals surface area contributed by atoms with E-state index in [0.29, 0.717) is 5.13 Å². The van der Waals surface area contributed by atoms with Gasteiger partial charge in [0.15, 0.2) is 10.8 Å². The molecule has 3 aromatic rings. The zero-order valence-corrected chi connectivity index (χ0v) is 15.6. The predicted molar refractivity (Wildman–Crippen MR) is 99.9 cm³/mol. The number of aromatic nitrogens is 3. The third kappa shape index (κ3) is 3.66. The lowest BCUT2D eigenvalue weighted by Gasteiger charge is -2.12. The predicted octanol–water partition coefficient (Wildman–Crippen LogP) is 4.87. The quantitative estimate of drug-likeness (QED) is 0.632. The highest BCUT2D eigenvalue weighted by molar-refractivity contribution is 7.15. The number of amides is 1. The molecule has 0 saturated carbocycles. The minimum absolute atomic E-state index is 0.231. The molecule has 28 heavy (non-hydrogen) atoms. The molecule has 0 bridgehead atoms. The average Bonchev–Trinajstić information content (AvgIpc) is 3.21. The van der Waals surface area contributed by atoms with Crippen LogP contribution < -0.4 is 5.32 Å². The van der Waals surface area contributed by atoms with E-state index >= 15 is 0 Å². The summed E-state index contributed by atoms with van der Waals surface area (Å²) in [6.07, 6.45) is 1.17. The largest absolute Gasteiger partial charge is 0.434 e. The van der Waals surface area contributed by atoms with Gasteiger partial charge in [-0.3, -0.25) is 10.1 Å². The van der Waals surface area contributed by atoms with E-state index in [-0.39, 0.29) is 5.69 Å². The topological polar surface area (TPSA) is 59.8 Å². The highest BCUT2D eigenvalue weighted by Crippen LogP contribution is 2.35. The van der Waals surface area contributed by atoms with Crippen LogP contribution >= 0.6 is 11.3 Å². The molecule has 146 valence electrons. The van der Waals surface area contributed by atoms with Crippen molar-refractivity contribution in [2.45, 2.75) is 38.3 Å². The lowest BCUT2D eigenvalue weighted by Crippen LogP contribution is -2.20.